The molecular weight excluding hydrogens is 252 g/mol. The summed E-state index contributed by atoms with van der Waals surface area (Å²) >= 11 is 5.32. The Morgan fingerprint density at radius 3 is 1.84 bits per heavy atom. The Morgan fingerprint density at radius 1 is 0.737 bits per heavy atom. The molecule has 2 aromatic rings. The SMILES string of the molecule is Cc1ccc(NC(=S)Nc2cc(C)cc(C)c2)cc1. The van der Waals surface area contributed by atoms with Gasteiger partial charge in [0.1, 0.15) is 0 Å². The van der Waals surface area contributed by atoms with Crippen molar-refractivity contribution in [2.75, 3.05) is 10.6 Å². The summed E-state index contributed by atoms with van der Waals surface area (Å²) in [4.78, 5) is 0. The van der Waals surface area contributed by atoms with Crippen LogP contribution in [-0.4, -0.2) is 5.11 Å². The summed E-state index contributed by atoms with van der Waals surface area (Å²) in [6.45, 7) is 6.22. The van der Waals surface area contributed by atoms with Gasteiger partial charge in [-0.1, -0.05) is 23.8 Å². The van der Waals surface area contributed by atoms with Crippen molar-refractivity contribution in [1.29, 1.82) is 0 Å². The van der Waals surface area contributed by atoms with Crippen molar-refractivity contribution in [3.63, 3.8) is 0 Å². The zero-order valence-corrected chi connectivity index (χ0v) is 12.3. The normalized spacial score (nSPS) is 10.1. The van der Waals surface area contributed by atoms with E-state index in [9.17, 15) is 0 Å². The highest BCUT2D eigenvalue weighted by Crippen LogP contribution is 2.15. The first kappa shape index (κ1) is 13.6. The van der Waals surface area contributed by atoms with Crippen LogP contribution in [0.25, 0.3) is 0 Å². The van der Waals surface area contributed by atoms with E-state index in [1.165, 1.54) is 16.7 Å². The van der Waals surface area contributed by atoms with Gasteiger partial charge in [-0.15, -0.1) is 0 Å². The quantitative estimate of drug-likeness (QED) is 0.790. The first-order valence-electron chi connectivity index (χ1n) is 6.26. The van der Waals surface area contributed by atoms with Gasteiger partial charge in [0.15, 0.2) is 5.11 Å². The lowest BCUT2D eigenvalue weighted by atomic mass is 10.1. The second-order valence-corrected chi connectivity index (χ2v) is 5.23. The van der Waals surface area contributed by atoms with Gasteiger partial charge in [-0.25, -0.2) is 0 Å². The molecular formula is C16H18N2S. The average molecular weight is 270 g/mol. The van der Waals surface area contributed by atoms with Crippen LogP contribution < -0.4 is 10.6 Å². The van der Waals surface area contributed by atoms with E-state index in [1.807, 2.05) is 12.1 Å². The van der Waals surface area contributed by atoms with E-state index in [0.717, 1.165) is 11.4 Å². The van der Waals surface area contributed by atoms with Gasteiger partial charge in [-0.3, -0.25) is 0 Å². The Balaban J connectivity index is 2.03. The van der Waals surface area contributed by atoms with Crippen molar-refractivity contribution in [3.8, 4) is 0 Å². The molecule has 19 heavy (non-hydrogen) atoms. The number of hydrogen-bond donors (Lipinski definition) is 2. The topological polar surface area (TPSA) is 24.1 Å². The van der Waals surface area contributed by atoms with Crippen molar-refractivity contribution >= 4 is 28.7 Å². The second-order valence-electron chi connectivity index (χ2n) is 4.82. The van der Waals surface area contributed by atoms with Crippen LogP contribution in [0.1, 0.15) is 16.7 Å². The summed E-state index contributed by atoms with van der Waals surface area (Å²) in [7, 11) is 0. The monoisotopic (exact) mass is 270 g/mol. The molecule has 0 aromatic heterocycles. The minimum atomic E-state index is 0.605. The van der Waals surface area contributed by atoms with Crippen LogP contribution in [-0.2, 0) is 0 Å². The molecule has 0 aliphatic heterocycles. The molecule has 0 aliphatic carbocycles. The molecule has 0 heterocycles. The zero-order valence-electron chi connectivity index (χ0n) is 11.4. The van der Waals surface area contributed by atoms with E-state index in [0.29, 0.717) is 5.11 Å². The van der Waals surface area contributed by atoms with E-state index in [2.05, 4.69) is 61.7 Å². The van der Waals surface area contributed by atoms with E-state index in [1.54, 1.807) is 0 Å². The van der Waals surface area contributed by atoms with Gasteiger partial charge in [0.25, 0.3) is 0 Å². The maximum atomic E-state index is 5.32. The van der Waals surface area contributed by atoms with Crippen molar-refractivity contribution in [1.82, 2.24) is 0 Å². The van der Waals surface area contributed by atoms with E-state index in [-0.39, 0.29) is 0 Å². The average Bonchev–Trinajstić information content (AvgIpc) is 2.30. The number of thiocarbonyl (C=S) groups is 1. The largest absolute Gasteiger partial charge is 0.332 e. The molecule has 0 spiro atoms. The van der Waals surface area contributed by atoms with Crippen molar-refractivity contribution in [2.45, 2.75) is 20.8 Å². The van der Waals surface area contributed by atoms with Gasteiger partial charge in [0.05, 0.1) is 0 Å². The lowest BCUT2D eigenvalue weighted by Crippen LogP contribution is -2.19. The van der Waals surface area contributed by atoms with E-state index in [4.69, 9.17) is 12.2 Å². The number of aryl methyl sites for hydroxylation is 3. The smallest absolute Gasteiger partial charge is 0.175 e. The van der Waals surface area contributed by atoms with Gasteiger partial charge in [-0.2, -0.15) is 0 Å². The lowest BCUT2D eigenvalue weighted by Gasteiger charge is -2.12. The molecule has 2 rings (SSSR count). The van der Waals surface area contributed by atoms with Crippen LogP contribution >= 0.6 is 12.2 Å². The van der Waals surface area contributed by atoms with Crippen LogP contribution in [0.4, 0.5) is 11.4 Å². The van der Waals surface area contributed by atoms with Crippen molar-refractivity contribution in [2.24, 2.45) is 0 Å². The number of benzene rings is 2. The first-order chi connectivity index (χ1) is 9.02. The van der Waals surface area contributed by atoms with Crippen molar-refractivity contribution in [3.05, 3.63) is 59.2 Å². The third kappa shape index (κ3) is 4.07. The Bertz CT molecular complexity index is 568. The number of nitrogens with one attached hydrogen (secondary N) is 2. The molecule has 0 fully saturated rings. The maximum absolute atomic E-state index is 5.32. The Morgan fingerprint density at radius 2 is 1.26 bits per heavy atom. The fourth-order valence-corrected chi connectivity index (χ4v) is 2.21. The van der Waals surface area contributed by atoms with E-state index >= 15 is 0 Å². The van der Waals surface area contributed by atoms with Crippen LogP contribution in [0.3, 0.4) is 0 Å². The molecule has 98 valence electrons. The Labute approximate surface area is 119 Å². The van der Waals surface area contributed by atoms with Gasteiger partial charge >= 0.3 is 0 Å². The van der Waals surface area contributed by atoms with Gasteiger partial charge in [-0.05, 0) is 68.4 Å². The molecule has 0 amide bonds. The highest BCUT2D eigenvalue weighted by atomic mass is 32.1. The fraction of sp³-hybridized carbons (Fsp3) is 0.188. The predicted octanol–water partition coefficient (Wildman–Crippen LogP) is 4.42. The molecule has 2 aromatic carbocycles. The summed E-state index contributed by atoms with van der Waals surface area (Å²) in [6, 6.07) is 14.5. The highest BCUT2D eigenvalue weighted by Gasteiger charge is 2.00. The molecule has 0 aliphatic rings. The minimum absolute atomic E-state index is 0.605. The third-order valence-corrected chi connectivity index (χ3v) is 2.99. The van der Waals surface area contributed by atoms with Crippen LogP contribution in [0.2, 0.25) is 0 Å². The summed E-state index contributed by atoms with van der Waals surface area (Å²) < 4.78 is 0. The number of rotatable bonds is 2. The van der Waals surface area contributed by atoms with Crippen LogP contribution in [0, 0.1) is 20.8 Å². The standard InChI is InChI=1S/C16H18N2S/c1-11-4-6-14(7-5-11)17-16(19)18-15-9-12(2)8-13(3)10-15/h4-10H,1-3H3,(H2,17,18,19). The van der Waals surface area contributed by atoms with Gasteiger partial charge < -0.3 is 10.6 Å². The molecule has 0 saturated carbocycles. The third-order valence-electron chi connectivity index (χ3n) is 2.79. The molecule has 2 nitrogen and oxygen atoms in total. The van der Waals surface area contributed by atoms with Gasteiger partial charge in [0, 0.05) is 11.4 Å². The molecule has 0 atom stereocenters. The predicted molar refractivity (Wildman–Crippen MR) is 86.9 cm³/mol. The minimum Gasteiger partial charge on any atom is -0.332 e. The van der Waals surface area contributed by atoms with Gasteiger partial charge in [0.2, 0.25) is 0 Å². The lowest BCUT2D eigenvalue weighted by molar-refractivity contribution is 1.38. The summed E-state index contributed by atoms with van der Waals surface area (Å²) in [6.07, 6.45) is 0. The molecule has 0 saturated heterocycles. The highest BCUT2D eigenvalue weighted by molar-refractivity contribution is 7.80. The molecule has 3 heteroatoms. The zero-order chi connectivity index (χ0) is 13.8. The summed E-state index contributed by atoms with van der Waals surface area (Å²) in [5.74, 6) is 0. The molecule has 2 N–H and O–H groups in total. The second kappa shape index (κ2) is 5.85. The van der Waals surface area contributed by atoms with E-state index < -0.39 is 0 Å². The Hall–Kier alpha value is -1.87. The summed E-state index contributed by atoms with van der Waals surface area (Å²) in [5.41, 5.74) is 5.69. The molecule has 0 radical (unpaired) electrons. The number of hydrogen-bond acceptors (Lipinski definition) is 1. The van der Waals surface area contributed by atoms with Crippen LogP contribution in [0.5, 0.6) is 0 Å². The Kier molecular flexibility index (Phi) is 4.17. The maximum Gasteiger partial charge on any atom is 0.175 e. The molecule has 0 unspecified atom stereocenters. The van der Waals surface area contributed by atoms with Crippen molar-refractivity contribution < 1.29 is 0 Å². The number of anilines is 2. The first-order valence-corrected chi connectivity index (χ1v) is 6.67. The fourth-order valence-electron chi connectivity index (χ4n) is 1.98. The molecule has 0 bridgehead atoms. The van der Waals surface area contributed by atoms with Crippen LogP contribution in [0.15, 0.2) is 42.5 Å². The summed E-state index contributed by atoms with van der Waals surface area (Å²) in [5, 5.41) is 6.99.